The zero-order valence-electron chi connectivity index (χ0n) is 10.3. The van der Waals surface area contributed by atoms with E-state index in [4.69, 9.17) is 0 Å². The summed E-state index contributed by atoms with van der Waals surface area (Å²) in [6, 6.07) is 2.96. The van der Waals surface area contributed by atoms with Crippen LogP contribution in [0, 0.1) is 21.4 Å². The summed E-state index contributed by atoms with van der Waals surface area (Å²) in [5.74, 6) is 0.882. The minimum absolute atomic E-state index is 0.0297. The van der Waals surface area contributed by atoms with E-state index < -0.39 is 4.92 Å². The largest absolute Gasteiger partial charge is 0.396 e. The number of nitrogens with zero attached hydrogens (tertiary/aromatic N) is 2. The molecule has 0 bridgehead atoms. The fraction of sp³-hybridized carbons (Fsp3) is 0.583. The number of rotatable bonds is 5. The summed E-state index contributed by atoms with van der Waals surface area (Å²) in [5.41, 5.74) is -0.178. The van der Waals surface area contributed by atoms with Crippen molar-refractivity contribution >= 4 is 11.5 Å². The molecule has 98 valence electrons. The maximum absolute atomic E-state index is 10.8. The Balaban J connectivity index is 2.04. The molecule has 6 heteroatoms. The predicted octanol–water partition coefficient (Wildman–Crippen LogP) is 1.81. The van der Waals surface area contributed by atoms with Gasteiger partial charge in [-0.3, -0.25) is 10.1 Å². The normalized spacial score (nSPS) is 26.4. The molecule has 0 atom stereocenters. The van der Waals surface area contributed by atoms with E-state index in [2.05, 4.69) is 17.2 Å². The summed E-state index contributed by atoms with van der Waals surface area (Å²) in [5, 5.41) is 23.2. The highest BCUT2D eigenvalue weighted by Gasteiger charge is 2.41. The van der Waals surface area contributed by atoms with Crippen molar-refractivity contribution in [3.63, 3.8) is 0 Å². The first-order chi connectivity index (χ1) is 8.56. The molecule has 2 N–H and O–H groups in total. The molecule has 1 aromatic rings. The molecule has 2 rings (SSSR count). The van der Waals surface area contributed by atoms with Crippen LogP contribution < -0.4 is 5.32 Å². The molecule has 1 saturated carbocycles. The second-order valence-electron chi connectivity index (χ2n) is 5.15. The number of hydrogen-bond donors (Lipinski definition) is 2. The van der Waals surface area contributed by atoms with Crippen LogP contribution in [0.3, 0.4) is 0 Å². The number of hydrogen-bond acceptors (Lipinski definition) is 5. The summed E-state index contributed by atoms with van der Waals surface area (Å²) in [4.78, 5) is 14.4. The van der Waals surface area contributed by atoms with Gasteiger partial charge in [0.15, 0.2) is 0 Å². The van der Waals surface area contributed by atoms with Crippen molar-refractivity contribution in [1.82, 2.24) is 4.98 Å². The van der Waals surface area contributed by atoms with Crippen molar-refractivity contribution in [2.24, 2.45) is 11.3 Å². The third kappa shape index (κ3) is 2.43. The Morgan fingerprint density at radius 1 is 1.67 bits per heavy atom. The van der Waals surface area contributed by atoms with Crippen LogP contribution in [-0.2, 0) is 0 Å². The first kappa shape index (κ1) is 12.8. The van der Waals surface area contributed by atoms with Crippen LogP contribution in [0.15, 0.2) is 18.3 Å². The van der Waals surface area contributed by atoms with E-state index in [1.807, 2.05) is 0 Å². The van der Waals surface area contributed by atoms with Crippen molar-refractivity contribution in [2.45, 2.75) is 19.8 Å². The molecule has 1 fully saturated rings. The van der Waals surface area contributed by atoms with Gasteiger partial charge in [-0.1, -0.05) is 6.92 Å². The van der Waals surface area contributed by atoms with Crippen molar-refractivity contribution in [2.75, 3.05) is 18.5 Å². The van der Waals surface area contributed by atoms with Crippen LogP contribution in [0.1, 0.15) is 19.8 Å². The Morgan fingerprint density at radius 2 is 2.39 bits per heavy atom. The summed E-state index contributed by atoms with van der Waals surface area (Å²) in [7, 11) is 0. The standard InChI is InChI=1S/C12H17N3O3/c1-9-5-12(6-9,8-16)7-14-11-10(15(17)18)3-2-4-13-11/h2-4,9,16H,5-8H2,1H3,(H,13,14). The second-order valence-corrected chi connectivity index (χ2v) is 5.15. The van der Waals surface area contributed by atoms with E-state index in [1.165, 1.54) is 18.3 Å². The molecule has 1 aliphatic rings. The Morgan fingerprint density at radius 3 is 2.94 bits per heavy atom. The number of anilines is 1. The zero-order chi connectivity index (χ0) is 13.2. The van der Waals surface area contributed by atoms with Gasteiger partial charge in [0.2, 0.25) is 5.82 Å². The third-order valence-corrected chi connectivity index (χ3v) is 3.51. The Labute approximate surface area is 105 Å². The van der Waals surface area contributed by atoms with Gasteiger partial charge in [-0.25, -0.2) is 4.98 Å². The first-order valence-electron chi connectivity index (χ1n) is 6.00. The summed E-state index contributed by atoms with van der Waals surface area (Å²) in [6.45, 7) is 2.76. The fourth-order valence-electron chi connectivity index (χ4n) is 2.70. The predicted molar refractivity (Wildman–Crippen MR) is 67.3 cm³/mol. The molecule has 18 heavy (non-hydrogen) atoms. The Bertz CT molecular complexity index is 444. The van der Waals surface area contributed by atoms with Crippen molar-refractivity contribution in [3.8, 4) is 0 Å². The number of nitro groups is 1. The molecular weight excluding hydrogens is 234 g/mol. The minimum atomic E-state index is -0.454. The van der Waals surface area contributed by atoms with E-state index in [-0.39, 0.29) is 23.5 Å². The first-order valence-corrected chi connectivity index (χ1v) is 6.00. The molecule has 0 radical (unpaired) electrons. The Hall–Kier alpha value is -1.69. The van der Waals surface area contributed by atoms with Gasteiger partial charge in [-0.05, 0) is 24.8 Å². The van der Waals surface area contributed by atoms with Crippen LogP contribution in [0.2, 0.25) is 0 Å². The highest BCUT2D eigenvalue weighted by molar-refractivity contribution is 5.55. The molecule has 0 saturated heterocycles. The van der Waals surface area contributed by atoms with Crippen LogP contribution in [0.5, 0.6) is 0 Å². The smallest absolute Gasteiger partial charge is 0.311 e. The van der Waals surface area contributed by atoms with Crippen molar-refractivity contribution in [1.29, 1.82) is 0 Å². The quantitative estimate of drug-likeness (QED) is 0.615. The van der Waals surface area contributed by atoms with Gasteiger partial charge < -0.3 is 10.4 Å². The maximum atomic E-state index is 10.8. The molecule has 1 heterocycles. The second kappa shape index (κ2) is 4.89. The SMILES string of the molecule is CC1CC(CO)(CNc2ncccc2[N+](=O)[O-])C1. The molecule has 0 aliphatic heterocycles. The summed E-state index contributed by atoms with van der Waals surface area (Å²) in [6.07, 6.45) is 3.40. The number of nitrogens with one attached hydrogen (secondary N) is 1. The van der Waals surface area contributed by atoms with Gasteiger partial charge in [0.05, 0.1) is 11.5 Å². The van der Waals surface area contributed by atoms with Crippen LogP contribution in [0.4, 0.5) is 11.5 Å². The molecule has 0 unspecified atom stereocenters. The third-order valence-electron chi connectivity index (χ3n) is 3.51. The monoisotopic (exact) mass is 251 g/mol. The summed E-state index contributed by atoms with van der Waals surface area (Å²) >= 11 is 0. The van der Waals surface area contributed by atoms with E-state index in [9.17, 15) is 15.2 Å². The van der Waals surface area contributed by atoms with Gasteiger partial charge in [-0.15, -0.1) is 0 Å². The summed E-state index contributed by atoms with van der Waals surface area (Å²) < 4.78 is 0. The van der Waals surface area contributed by atoms with Crippen molar-refractivity contribution < 1.29 is 10.0 Å². The number of aliphatic hydroxyl groups is 1. The van der Waals surface area contributed by atoms with Gasteiger partial charge in [0.25, 0.3) is 0 Å². The molecular formula is C12H17N3O3. The number of aromatic nitrogens is 1. The van der Waals surface area contributed by atoms with Crippen LogP contribution >= 0.6 is 0 Å². The average Bonchev–Trinajstić information content (AvgIpc) is 2.33. The number of pyridine rings is 1. The molecule has 1 aliphatic carbocycles. The molecule has 0 spiro atoms. The molecule has 1 aromatic heterocycles. The Kier molecular flexibility index (Phi) is 3.47. The van der Waals surface area contributed by atoms with Gasteiger partial charge in [-0.2, -0.15) is 0 Å². The highest BCUT2D eigenvalue weighted by Crippen LogP contribution is 2.45. The lowest BCUT2D eigenvalue weighted by atomic mass is 9.63. The van der Waals surface area contributed by atoms with E-state index in [0.29, 0.717) is 12.5 Å². The van der Waals surface area contributed by atoms with Crippen LogP contribution in [-0.4, -0.2) is 28.2 Å². The minimum Gasteiger partial charge on any atom is -0.396 e. The van der Waals surface area contributed by atoms with Gasteiger partial charge >= 0.3 is 5.69 Å². The van der Waals surface area contributed by atoms with Gasteiger partial charge in [0, 0.05) is 24.2 Å². The molecule has 0 amide bonds. The van der Waals surface area contributed by atoms with E-state index >= 15 is 0 Å². The molecule has 6 nitrogen and oxygen atoms in total. The van der Waals surface area contributed by atoms with Gasteiger partial charge in [0.1, 0.15) is 0 Å². The van der Waals surface area contributed by atoms with E-state index in [1.54, 1.807) is 0 Å². The average molecular weight is 251 g/mol. The highest BCUT2D eigenvalue weighted by atomic mass is 16.6. The molecule has 0 aromatic carbocycles. The zero-order valence-corrected chi connectivity index (χ0v) is 10.3. The maximum Gasteiger partial charge on any atom is 0.311 e. The van der Waals surface area contributed by atoms with E-state index in [0.717, 1.165) is 12.8 Å². The topological polar surface area (TPSA) is 88.3 Å². The van der Waals surface area contributed by atoms with Crippen molar-refractivity contribution in [3.05, 3.63) is 28.4 Å². The lowest BCUT2D eigenvalue weighted by Crippen LogP contribution is -2.44. The lowest BCUT2D eigenvalue weighted by Gasteiger charge is -2.45. The fourth-order valence-corrected chi connectivity index (χ4v) is 2.70. The lowest BCUT2D eigenvalue weighted by molar-refractivity contribution is -0.384. The van der Waals surface area contributed by atoms with Crippen LogP contribution in [0.25, 0.3) is 0 Å². The number of aliphatic hydroxyl groups excluding tert-OH is 1.